The van der Waals surface area contributed by atoms with Gasteiger partial charge in [-0.2, -0.15) is 0 Å². The first-order chi connectivity index (χ1) is 31.2. The fourth-order valence-corrected chi connectivity index (χ4v) is 8.87. The summed E-state index contributed by atoms with van der Waals surface area (Å²) in [6.07, 6.45) is 53.8. The van der Waals surface area contributed by atoms with E-state index in [2.05, 4.69) is 34.6 Å². The molecule has 0 aromatic carbocycles. The van der Waals surface area contributed by atoms with E-state index in [0.29, 0.717) is 19.3 Å². The quantitative estimate of drug-likeness (QED) is 0.0344. The lowest BCUT2D eigenvalue weighted by Gasteiger charge is -2.18. The number of esters is 3. The summed E-state index contributed by atoms with van der Waals surface area (Å²) < 4.78 is 16.9. The number of carbonyl (C=O) groups is 3. The minimum atomic E-state index is -0.762. The van der Waals surface area contributed by atoms with Crippen LogP contribution in [0.3, 0.4) is 0 Å². The van der Waals surface area contributed by atoms with Gasteiger partial charge < -0.3 is 14.2 Å². The van der Waals surface area contributed by atoms with Crippen molar-refractivity contribution in [3.8, 4) is 0 Å². The zero-order valence-electron chi connectivity index (χ0n) is 43.9. The maximum Gasteiger partial charge on any atom is 0.306 e. The Bertz CT molecular complexity index is 978. The summed E-state index contributed by atoms with van der Waals surface area (Å²) >= 11 is 0. The summed E-state index contributed by atoms with van der Waals surface area (Å²) in [6.45, 7) is 11.4. The number of carbonyl (C=O) groups excluding carboxylic acids is 3. The van der Waals surface area contributed by atoms with E-state index in [1.54, 1.807) is 0 Å². The van der Waals surface area contributed by atoms with Gasteiger partial charge in [-0.3, -0.25) is 14.4 Å². The van der Waals surface area contributed by atoms with Gasteiger partial charge in [0.05, 0.1) is 0 Å². The molecule has 1 atom stereocenters. The molecule has 0 aromatic rings. The van der Waals surface area contributed by atoms with Crippen LogP contribution in [-0.4, -0.2) is 37.2 Å². The lowest BCUT2D eigenvalue weighted by molar-refractivity contribution is -0.167. The molecule has 0 heterocycles. The van der Waals surface area contributed by atoms with Crippen molar-refractivity contribution in [3.63, 3.8) is 0 Å². The molecule has 0 amide bonds. The van der Waals surface area contributed by atoms with Gasteiger partial charge in [-0.25, -0.2) is 0 Å². The van der Waals surface area contributed by atoms with Crippen LogP contribution in [-0.2, 0) is 28.6 Å². The van der Waals surface area contributed by atoms with Crippen molar-refractivity contribution in [3.05, 3.63) is 0 Å². The Labute approximate surface area is 399 Å². The summed E-state index contributed by atoms with van der Waals surface area (Å²) in [4.78, 5) is 38.1. The van der Waals surface area contributed by atoms with Gasteiger partial charge in [0.15, 0.2) is 6.10 Å². The highest BCUT2D eigenvalue weighted by Gasteiger charge is 2.19. The predicted molar refractivity (Wildman–Crippen MR) is 275 cm³/mol. The second-order valence-electron chi connectivity index (χ2n) is 20.9. The first-order valence-electron chi connectivity index (χ1n) is 28.7. The summed E-state index contributed by atoms with van der Waals surface area (Å²) in [5.41, 5.74) is 0. The van der Waals surface area contributed by atoms with Gasteiger partial charge in [-0.15, -0.1) is 0 Å². The lowest BCUT2D eigenvalue weighted by Crippen LogP contribution is -2.30. The second-order valence-corrected chi connectivity index (χ2v) is 20.9. The molecule has 0 spiro atoms. The zero-order chi connectivity index (χ0) is 46.8. The molecule has 380 valence electrons. The second kappa shape index (κ2) is 50.8. The molecular weight excluding hydrogens is 793 g/mol. The molecule has 0 unspecified atom stereocenters. The molecule has 0 rings (SSSR count). The number of ether oxygens (including phenoxy) is 3. The molecule has 0 N–H and O–H groups in total. The first-order valence-corrected chi connectivity index (χ1v) is 28.7. The van der Waals surface area contributed by atoms with Crippen molar-refractivity contribution in [2.24, 2.45) is 11.8 Å². The average molecular weight is 906 g/mol. The summed E-state index contributed by atoms with van der Waals surface area (Å²) in [6, 6.07) is 0. The summed E-state index contributed by atoms with van der Waals surface area (Å²) in [7, 11) is 0. The third-order valence-corrected chi connectivity index (χ3v) is 13.2. The SMILES string of the molecule is CCCCCCCCCCCCCC(=O)OC[C@H](COC(=O)CCCCCCCCCCCCCCCCC(C)C)OC(=O)CCCCCCCCCCCCCCCCCC(C)C. The molecule has 0 aliphatic rings. The molecule has 0 aliphatic carbocycles. The lowest BCUT2D eigenvalue weighted by atomic mass is 10.0. The molecule has 0 fully saturated rings. The highest BCUT2D eigenvalue weighted by molar-refractivity contribution is 5.71. The molecule has 6 heteroatoms. The van der Waals surface area contributed by atoms with Crippen LogP contribution in [0, 0.1) is 11.8 Å². The van der Waals surface area contributed by atoms with E-state index in [9.17, 15) is 14.4 Å². The molecule has 0 aliphatic heterocycles. The fraction of sp³-hybridized carbons (Fsp3) is 0.948. The maximum atomic E-state index is 12.8. The van der Waals surface area contributed by atoms with Crippen LogP contribution >= 0.6 is 0 Å². The van der Waals surface area contributed by atoms with E-state index >= 15 is 0 Å². The zero-order valence-corrected chi connectivity index (χ0v) is 43.9. The predicted octanol–water partition coefficient (Wildman–Crippen LogP) is 18.9. The molecule has 0 saturated heterocycles. The molecule has 0 saturated carbocycles. The Morgan fingerprint density at radius 3 is 0.766 bits per heavy atom. The maximum absolute atomic E-state index is 12.8. The van der Waals surface area contributed by atoms with E-state index in [0.717, 1.165) is 69.6 Å². The van der Waals surface area contributed by atoms with Crippen molar-refractivity contribution >= 4 is 17.9 Å². The number of rotatable bonds is 52. The van der Waals surface area contributed by atoms with Gasteiger partial charge in [0.1, 0.15) is 13.2 Å². The Morgan fingerprint density at radius 1 is 0.297 bits per heavy atom. The first kappa shape index (κ1) is 62.4. The van der Waals surface area contributed by atoms with Gasteiger partial charge in [-0.1, -0.05) is 285 Å². The van der Waals surface area contributed by atoms with Gasteiger partial charge in [0, 0.05) is 19.3 Å². The van der Waals surface area contributed by atoms with Gasteiger partial charge in [0.25, 0.3) is 0 Å². The Morgan fingerprint density at radius 2 is 0.516 bits per heavy atom. The smallest absolute Gasteiger partial charge is 0.306 e. The van der Waals surface area contributed by atoms with Crippen molar-refractivity contribution < 1.29 is 28.6 Å². The summed E-state index contributed by atoms with van der Waals surface area (Å²) in [5.74, 6) is 0.853. The number of hydrogen-bond acceptors (Lipinski definition) is 6. The molecular formula is C58H112O6. The standard InChI is InChI=1S/C58H112O6/c1-6-7-8-9-10-11-21-28-33-38-43-48-56(59)62-51-55(52-63-57(60)49-44-39-34-29-24-19-16-15-18-23-27-32-37-42-47-54(4)5)64-58(61)50-45-40-35-30-25-20-14-12-13-17-22-26-31-36-41-46-53(2)3/h53-55H,6-52H2,1-5H3/t55-/m1/s1. The molecule has 64 heavy (non-hydrogen) atoms. The van der Waals surface area contributed by atoms with E-state index in [1.165, 1.54) is 212 Å². The molecule has 0 radical (unpaired) electrons. The van der Waals surface area contributed by atoms with Crippen LogP contribution < -0.4 is 0 Å². The van der Waals surface area contributed by atoms with Crippen molar-refractivity contribution in [2.75, 3.05) is 13.2 Å². The largest absolute Gasteiger partial charge is 0.462 e. The third kappa shape index (κ3) is 51.4. The molecule has 6 nitrogen and oxygen atoms in total. The molecule has 0 bridgehead atoms. The number of hydrogen-bond donors (Lipinski definition) is 0. The number of unbranched alkanes of at least 4 members (excludes halogenated alkanes) is 37. The summed E-state index contributed by atoms with van der Waals surface area (Å²) in [5, 5.41) is 0. The van der Waals surface area contributed by atoms with Crippen LogP contribution in [0.25, 0.3) is 0 Å². The van der Waals surface area contributed by atoms with Crippen LogP contribution in [0.5, 0.6) is 0 Å². The minimum absolute atomic E-state index is 0.0626. The fourth-order valence-electron chi connectivity index (χ4n) is 8.87. The molecule has 0 aromatic heterocycles. The Kier molecular flexibility index (Phi) is 49.6. The van der Waals surface area contributed by atoms with Crippen molar-refractivity contribution in [1.82, 2.24) is 0 Å². The van der Waals surface area contributed by atoms with E-state index in [4.69, 9.17) is 14.2 Å². The van der Waals surface area contributed by atoms with E-state index in [1.807, 2.05) is 0 Å². The Hall–Kier alpha value is -1.59. The van der Waals surface area contributed by atoms with E-state index in [-0.39, 0.29) is 31.1 Å². The van der Waals surface area contributed by atoms with E-state index < -0.39 is 6.10 Å². The van der Waals surface area contributed by atoms with Crippen LogP contribution in [0.15, 0.2) is 0 Å². The van der Waals surface area contributed by atoms with Crippen LogP contribution in [0.1, 0.15) is 324 Å². The Balaban J connectivity index is 4.26. The third-order valence-electron chi connectivity index (χ3n) is 13.2. The normalized spacial score (nSPS) is 12.0. The van der Waals surface area contributed by atoms with Crippen molar-refractivity contribution in [1.29, 1.82) is 0 Å². The minimum Gasteiger partial charge on any atom is -0.462 e. The average Bonchev–Trinajstić information content (AvgIpc) is 3.27. The van der Waals surface area contributed by atoms with Crippen LogP contribution in [0.2, 0.25) is 0 Å². The highest BCUT2D eigenvalue weighted by Crippen LogP contribution is 2.18. The topological polar surface area (TPSA) is 78.9 Å². The van der Waals surface area contributed by atoms with Gasteiger partial charge >= 0.3 is 17.9 Å². The van der Waals surface area contributed by atoms with Gasteiger partial charge in [0.2, 0.25) is 0 Å². The monoisotopic (exact) mass is 905 g/mol. The highest BCUT2D eigenvalue weighted by atomic mass is 16.6. The van der Waals surface area contributed by atoms with Crippen molar-refractivity contribution in [2.45, 2.75) is 330 Å². The van der Waals surface area contributed by atoms with Crippen LogP contribution in [0.4, 0.5) is 0 Å². The van der Waals surface area contributed by atoms with Gasteiger partial charge in [-0.05, 0) is 31.1 Å².